The molecule has 0 aromatic carbocycles. The van der Waals surface area contributed by atoms with Crippen LogP contribution in [0.2, 0.25) is 0 Å². The first-order valence-corrected chi connectivity index (χ1v) is 32.2. The first-order valence-electron chi connectivity index (χ1n) is 30.7. The zero-order valence-electron chi connectivity index (χ0n) is 49.2. The molecule has 0 saturated carbocycles. The van der Waals surface area contributed by atoms with Gasteiger partial charge < -0.3 is 28.8 Å². The summed E-state index contributed by atoms with van der Waals surface area (Å²) in [6, 6.07) is -0.841. The molecule has 0 radical (unpaired) electrons. The van der Waals surface area contributed by atoms with E-state index in [1.807, 2.05) is 21.1 Å². The van der Waals surface area contributed by atoms with Crippen molar-refractivity contribution in [3.63, 3.8) is 0 Å². The molecule has 3 unspecified atom stereocenters. The third-order valence-corrected chi connectivity index (χ3v) is 14.2. The quantitative estimate of drug-likeness (QED) is 0.0272. The molecular formula is C66H117N2O6P. The summed E-state index contributed by atoms with van der Waals surface area (Å²) >= 11 is 0. The molecule has 0 fully saturated rings. The van der Waals surface area contributed by atoms with Crippen molar-refractivity contribution in [1.29, 1.82) is 0 Å². The number of rotatable bonds is 55. The van der Waals surface area contributed by atoms with E-state index in [0.29, 0.717) is 23.9 Å². The Labute approximate surface area is 463 Å². The van der Waals surface area contributed by atoms with E-state index in [2.05, 4.69) is 129 Å². The highest BCUT2D eigenvalue weighted by molar-refractivity contribution is 7.45. The Balaban J connectivity index is 4.29. The van der Waals surface area contributed by atoms with Crippen molar-refractivity contribution >= 4 is 13.7 Å². The molecule has 2 N–H and O–H groups in total. The highest BCUT2D eigenvalue weighted by Crippen LogP contribution is 2.38. The summed E-state index contributed by atoms with van der Waals surface area (Å²) in [5, 5.41) is 14.0. The van der Waals surface area contributed by atoms with E-state index >= 15 is 0 Å². The molecule has 9 heteroatoms. The fourth-order valence-electron chi connectivity index (χ4n) is 8.51. The molecule has 3 atom stereocenters. The average Bonchev–Trinajstić information content (AvgIpc) is 3.37. The Morgan fingerprint density at radius 2 is 0.800 bits per heavy atom. The lowest BCUT2D eigenvalue weighted by Gasteiger charge is -2.30. The van der Waals surface area contributed by atoms with Crippen molar-refractivity contribution in [3.8, 4) is 0 Å². The van der Waals surface area contributed by atoms with Gasteiger partial charge in [-0.05, 0) is 77.0 Å². The maximum Gasteiger partial charge on any atom is 0.268 e. The summed E-state index contributed by atoms with van der Waals surface area (Å²) in [6.07, 6.45) is 81.4. The lowest BCUT2D eigenvalue weighted by atomic mass is 10.0. The van der Waals surface area contributed by atoms with Gasteiger partial charge in [0.05, 0.1) is 39.9 Å². The molecule has 0 rings (SSSR count). The zero-order valence-corrected chi connectivity index (χ0v) is 50.1. The van der Waals surface area contributed by atoms with Crippen LogP contribution in [-0.2, 0) is 18.4 Å². The van der Waals surface area contributed by atoms with Crippen molar-refractivity contribution < 1.29 is 32.9 Å². The van der Waals surface area contributed by atoms with Crippen LogP contribution in [0.15, 0.2) is 109 Å². The number of carbonyl (C=O) groups excluding carboxylic acids is 1. The number of aliphatic hydroxyl groups excluding tert-OH is 1. The number of hydrogen-bond donors (Lipinski definition) is 2. The number of allylic oxidation sites excluding steroid dienone is 18. The first-order chi connectivity index (χ1) is 36.5. The van der Waals surface area contributed by atoms with Gasteiger partial charge in [0.25, 0.3) is 7.82 Å². The van der Waals surface area contributed by atoms with E-state index in [-0.39, 0.29) is 25.5 Å². The van der Waals surface area contributed by atoms with Crippen LogP contribution in [-0.4, -0.2) is 68.5 Å². The van der Waals surface area contributed by atoms with Crippen LogP contribution in [0.1, 0.15) is 251 Å². The largest absolute Gasteiger partial charge is 0.756 e. The smallest absolute Gasteiger partial charge is 0.268 e. The van der Waals surface area contributed by atoms with Gasteiger partial charge in [0.15, 0.2) is 0 Å². The minimum atomic E-state index is -4.60. The second kappa shape index (κ2) is 55.9. The summed E-state index contributed by atoms with van der Waals surface area (Å²) in [5.74, 6) is -0.224. The van der Waals surface area contributed by atoms with Gasteiger partial charge in [-0.15, -0.1) is 0 Å². The number of phosphoric acid groups is 1. The number of phosphoric ester groups is 1. The topological polar surface area (TPSA) is 108 Å². The minimum absolute atomic E-state index is 0.00448. The Bertz CT molecular complexity index is 1590. The third kappa shape index (κ3) is 58.7. The predicted molar refractivity (Wildman–Crippen MR) is 325 cm³/mol. The Hall–Kier alpha value is -2.84. The van der Waals surface area contributed by atoms with Crippen LogP contribution in [0.25, 0.3) is 0 Å². The second-order valence-corrected chi connectivity index (χ2v) is 23.1. The monoisotopic (exact) mass is 1060 g/mol. The molecule has 0 aromatic rings. The number of amides is 1. The summed E-state index contributed by atoms with van der Waals surface area (Å²) in [4.78, 5) is 25.6. The van der Waals surface area contributed by atoms with E-state index in [1.165, 1.54) is 135 Å². The van der Waals surface area contributed by atoms with Crippen LogP contribution in [0, 0.1) is 0 Å². The Morgan fingerprint density at radius 1 is 0.480 bits per heavy atom. The maximum absolute atomic E-state index is 13.0. The minimum Gasteiger partial charge on any atom is -0.756 e. The first kappa shape index (κ1) is 72.2. The van der Waals surface area contributed by atoms with Gasteiger partial charge in [-0.2, -0.15) is 0 Å². The van der Waals surface area contributed by atoms with Gasteiger partial charge in [0.2, 0.25) is 5.91 Å². The lowest BCUT2D eigenvalue weighted by molar-refractivity contribution is -0.870. The summed E-state index contributed by atoms with van der Waals surface area (Å²) in [5.41, 5.74) is 0. The van der Waals surface area contributed by atoms with Crippen molar-refractivity contribution in [2.45, 2.75) is 264 Å². The normalized spacial score (nSPS) is 14.6. The summed E-state index contributed by atoms with van der Waals surface area (Å²) < 4.78 is 23.4. The van der Waals surface area contributed by atoms with Crippen molar-refractivity contribution in [2.75, 3.05) is 40.9 Å². The zero-order chi connectivity index (χ0) is 54.9. The van der Waals surface area contributed by atoms with E-state index < -0.39 is 20.0 Å². The fraction of sp³-hybridized carbons (Fsp3) is 0.712. The Morgan fingerprint density at radius 3 is 1.13 bits per heavy atom. The third-order valence-electron chi connectivity index (χ3n) is 13.3. The van der Waals surface area contributed by atoms with Crippen LogP contribution < -0.4 is 10.2 Å². The standard InChI is InChI=1S/C66H117N2O6P/c1-6-8-10-12-14-16-18-20-22-24-26-28-30-32-33-34-35-36-38-40-42-44-46-48-50-52-54-56-58-60-66(70)67-64(63-74-75(71,72)73-62-61-68(3,4)5)65(69)59-57-55-53-51-49-47-45-43-41-39-37-31-29-27-25-23-21-19-17-15-13-11-9-7-2/h8,10,14,16,20,22,26,28,32-33,35-36,40,42,46,48,52,54,64-65,69H,6-7,9,11-13,15,17-19,21,23-25,27,29-31,34,37-39,41,43-45,47,49-51,53,55-63H2,1-5H3,(H-,67,70,71,72)/b10-8-,16-14-,22-20-,28-26-,33-32-,36-35-,42-40-,48-46-,54-52-. The number of nitrogens with one attached hydrogen (secondary N) is 1. The fourth-order valence-corrected chi connectivity index (χ4v) is 9.24. The van der Waals surface area contributed by atoms with Crippen LogP contribution in [0.3, 0.4) is 0 Å². The van der Waals surface area contributed by atoms with Gasteiger partial charge in [0.1, 0.15) is 13.2 Å². The van der Waals surface area contributed by atoms with Crippen LogP contribution in [0.5, 0.6) is 0 Å². The molecule has 1 amide bonds. The number of nitrogens with zero attached hydrogens (tertiary/aromatic N) is 1. The van der Waals surface area contributed by atoms with E-state index in [0.717, 1.165) is 83.5 Å². The van der Waals surface area contributed by atoms with Gasteiger partial charge in [-0.1, -0.05) is 277 Å². The molecule has 8 nitrogen and oxygen atoms in total. The molecule has 0 bridgehead atoms. The number of unbranched alkanes of at least 4 members (excludes halogenated alkanes) is 24. The molecule has 0 aliphatic rings. The number of quaternary nitrogens is 1. The molecule has 0 aromatic heterocycles. The molecular weight excluding hydrogens is 948 g/mol. The van der Waals surface area contributed by atoms with Crippen LogP contribution >= 0.6 is 7.82 Å². The van der Waals surface area contributed by atoms with Gasteiger partial charge in [-0.25, -0.2) is 0 Å². The van der Waals surface area contributed by atoms with Crippen molar-refractivity contribution in [1.82, 2.24) is 5.32 Å². The van der Waals surface area contributed by atoms with Gasteiger partial charge >= 0.3 is 0 Å². The molecule has 0 heterocycles. The van der Waals surface area contributed by atoms with E-state index in [1.54, 1.807) is 0 Å². The van der Waals surface area contributed by atoms with Gasteiger partial charge in [-0.3, -0.25) is 9.36 Å². The number of likely N-dealkylation sites (N-methyl/N-ethyl adjacent to an activating group) is 1. The second-order valence-electron chi connectivity index (χ2n) is 21.7. The molecule has 0 aliphatic heterocycles. The summed E-state index contributed by atoms with van der Waals surface area (Å²) in [6.45, 7) is 4.57. The lowest BCUT2D eigenvalue weighted by Crippen LogP contribution is -2.46. The van der Waals surface area contributed by atoms with Crippen molar-refractivity contribution in [3.05, 3.63) is 109 Å². The van der Waals surface area contributed by atoms with Crippen molar-refractivity contribution in [2.24, 2.45) is 0 Å². The predicted octanol–water partition coefficient (Wildman–Crippen LogP) is 18.5. The van der Waals surface area contributed by atoms with Gasteiger partial charge in [0, 0.05) is 6.42 Å². The average molecular weight is 1070 g/mol. The molecule has 0 aliphatic carbocycles. The van der Waals surface area contributed by atoms with E-state index in [4.69, 9.17) is 9.05 Å². The number of carbonyl (C=O) groups is 1. The Kier molecular flexibility index (Phi) is 53.8. The summed E-state index contributed by atoms with van der Waals surface area (Å²) in [7, 11) is 1.26. The maximum atomic E-state index is 13.0. The molecule has 432 valence electrons. The van der Waals surface area contributed by atoms with E-state index in [9.17, 15) is 19.4 Å². The number of aliphatic hydroxyl groups is 1. The van der Waals surface area contributed by atoms with Crippen LogP contribution in [0.4, 0.5) is 0 Å². The molecule has 75 heavy (non-hydrogen) atoms. The molecule has 0 saturated heterocycles. The number of hydrogen-bond acceptors (Lipinski definition) is 6. The molecule has 0 spiro atoms. The highest BCUT2D eigenvalue weighted by atomic mass is 31.2. The SMILES string of the molecule is CC/C=C\C/C=C\C/C=C\C/C=C\C/C=C\C/C=C\C/C=C\C/C=C\C/C=C\CCCC(=O)NC(COP(=O)([O-])OCC[N+](C)(C)C)C(O)CCCCCCCCCCCCCCCCCCCCCCCCCC. The highest BCUT2D eigenvalue weighted by Gasteiger charge is 2.24.